The van der Waals surface area contributed by atoms with E-state index in [9.17, 15) is 4.79 Å². The fraction of sp³-hybridized carbons (Fsp3) is 0.462. The quantitative estimate of drug-likeness (QED) is 0.846. The van der Waals surface area contributed by atoms with Gasteiger partial charge in [0.15, 0.2) is 0 Å². The van der Waals surface area contributed by atoms with E-state index in [1.165, 1.54) is 0 Å². The first-order valence-corrected chi connectivity index (χ1v) is 5.93. The summed E-state index contributed by atoms with van der Waals surface area (Å²) in [4.78, 5) is 14.0. The highest BCUT2D eigenvalue weighted by molar-refractivity contribution is 6.01. The molecule has 90 valence electrons. The van der Waals surface area contributed by atoms with Crippen LogP contribution in [-0.2, 0) is 4.79 Å². The standard InChI is InChI=1S/C13H16N2O2/c1-17-9-4-2-3-8(5-9)15-12(7-14)10-6-11(10)13(15)16/h2-5,10-12H,6-7,14H2,1H3. The topological polar surface area (TPSA) is 55.6 Å². The van der Waals surface area contributed by atoms with Gasteiger partial charge in [0.25, 0.3) is 0 Å². The lowest BCUT2D eigenvalue weighted by Crippen LogP contribution is -2.41. The van der Waals surface area contributed by atoms with Gasteiger partial charge < -0.3 is 15.4 Å². The minimum absolute atomic E-state index is 0.166. The van der Waals surface area contributed by atoms with Crippen molar-refractivity contribution >= 4 is 11.6 Å². The van der Waals surface area contributed by atoms with E-state index in [0.29, 0.717) is 12.5 Å². The molecule has 4 heteroatoms. The highest BCUT2D eigenvalue weighted by atomic mass is 16.5. The predicted molar refractivity (Wildman–Crippen MR) is 64.9 cm³/mol. The summed E-state index contributed by atoms with van der Waals surface area (Å²) < 4.78 is 5.19. The Hall–Kier alpha value is -1.55. The van der Waals surface area contributed by atoms with Gasteiger partial charge in [-0.15, -0.1) is 0 Å². The maximum atomic E-state index is 12.1. The van der Waals surface area contributed by atoms with Crippen LogP contribution in [0.3, 0.4) is 0 Å². The van der Waals surface area contributed by atoms with Gasteiger partial charge >= 0.3 is 0 Å². The van der Waals surface area contributed by atoms with E-state index in [1.54, 1.807) is 7.11 Å². The van der Waals surface area contributed by atoms with Crippen LogP contribution in [0.4, 0.5) is 5.69 Å². The number of fused-ring (bicyclic) bond motifs is 1. The van der Waals surface area contributed by atoms with Crippen LogP contribution in [0.2, 0.25) is 0 Å². The summed E-state index contributed by atoms with van der Waals surface area (Å²) in [7, 11) is 1.63. The Morgan fingerprint density at radius 1 is 1.53 bits per heavy atom. The first-order valence-electron chi connectivity index (χ1n) is 5.93. The van der Waals surface area contributed by atoms with Gasteiger partial charge in [-0.05, 0) is 24.5 Å². The summed E-state index contributed by atoms with van der Waals surface area (Å²) in [6, 6.07) is 7.78. The third-order valence-corrected chi connectivity index (χ3v) is 3.79. The Morgan fingerprint density at radius 3 is 3.06 bits per heavy atom. The van der Waals surface area contributed by atoms with Gasteiger partial charge in [0.1, 0.15) is 5.75 Å². The lowest BCUT2D eigenvalue weighted by molar-refractivity contribution is -0.118. The molecule has 1 aromatic rings. The Bertz CT molecular complexity index is 460. The summed E-state index contributed by atoms with van der Waals surface area (Å²) in [6.07, 6.45) is 1.02. The van der Waals surface area contributed by atoms with Crippen molar-refractivity contribution in [2.45, 2.75) is 12.5 Å². The van der Waals surface area contributed by atoms with Crippen LogP contribution in [0, 0.1) is 11.8 Å². The maximum absolute atomic E-state index is 12.1. The van der Waals surface area contributed by atoms with Crippen molar-refractivity contribution < 1.29 is 9.53 Å². The number of carbonyl (C=O) groups is 1. The van der Waals surface area contributed by atoms with Gasteiger partial charge in [0.2, 0.25) is 5.91 Å². The molecule has 3 rings (SSSR count). The number of nitrogens with two attached hydrogens (primary N) is 1. The van der Waals surface area contributed by atoms with Gasteiger partial charge in [-0.2, -0.15) is 0 Å². The molecule has 1 aliphatic carbocycles. The second kappa shape index (κ2) is 3.74. The summed E-state index contributed by atoms with van der Waals surface area (Å²) in [5.74, 6) is 1.68. The smallest absolute Gasteiger partial charge is 0.230 e. The van der Waals surface area contributed by atoms with Crippen LogP contribution in [0.5, 0.6) is 5.75 Å². The number of piperidine rings is 1. The second-order valence-electron chi connectivity index (χ2n) is 4.72. The predicted octanol–water partition coefficient (Wildman–Crippen LogP) is 1.01. The molecular weight excluding hydrogens is 216 g/mol. The lowest BCUT2D eigenvalue weighted by atomic mass is 10.1. The number of carbonyl (C=O) groups excluding carboxylic acids is 1. The molecule has 3 atom stereocenters. The monoisotopic (exact) mass is 232 g/mol. The Balaban J connectivity index is 1.94. The normalized spacial score (nSPS) is 30.4. The number of methoxy groups -OCH3 is 1. The summed E-state index contributed by atoms with van der Waals surface area (Å²) >= 11 is 0. The molecule has 17 heavy (non-hydrogen) atoms. The van der Waals surface area contributed by atoms with E-state index < -0.39 is 0 Å². The SMILES string of the molecule is COc1cccc(N2C(=O)C3CC3C2CN)c1. The third kappa shape index (κ3) is 1.52. The van der Waals surface area contributed by atoms with Crippen molar-refractivity contribution in [3.05, 3.63) is 24.3 Å². The molecular formula is C13H16N2O2. The molecule has 0 radical (unpaired) electrons. The largest absolute Gasteiger partial charge is 0.497 e. The lowest BCUT2D eigenvalue weighted by Gasteiger charge is -2.26. The fourth-order valence-corrected chi connectivity index (χ4v) is 2.82. The van der Waals surface area contributed by atoms with Gasteiger partial charge in [-0.3, -0.25) is 4.79 Å². The summed E-state index contributed by atoms with van der Waals surface area (Å²) in [5.41, 5.74) is 6.69. The number of hydrogen-bond acceptors (Lipinski definition) is 3. The third-order valence-electron chi connectivity index (χ3n) is 3.79. The minimum atomic E-state index is 0.166. The van der Waals surface area contributed by atoms with Gasteiger partial charge in [0, 0.05) is 24.2 Å². The fourth-order valence-electron chi connectivity index (χ4n) is 2.82. The van der Waals surface area contributed by atoms with E-state index >= 15 is 0 Å². The van der Waals surface area contributed by atoms with Crippen molar-refractivity contribution in [1.29, 1.82) is 0 Å². The molecule has 1 aliphatic heterocycles. The van der Waals surface area contributed by atoms with E-state index in [2.05, 4.69) is 0 Å². The van der Waals surface area contributed by atoms with Crippen molar-refractivity contribution in [3.63, 3.8) is 0 Å². The number of rotatable bonds is 3. The van der Waals surface area contributed by atoms with Gasteiger partial charge in [-0.1, -0.05) is 6.07 Å². The Kier molecular flexibility index (Phi) is 2.33. The van der Waals surface area contributed by atoms with Crippen molar-refractivity contribution in [3.8, 4) is 5.75 Å². The van der Waals surface area contributed by atoms with Crippen LogP contribution in [0.25, 0.3) is 0 Å². The van der Waals surface area contributed by atoms with Crippen LogP contribution in [-0.4, -0.2) is 25.6 Å². The molecule has 1 amide bonds. The number of ether oxygens (including phenoxy) is 1. The maximum Gasteiger partial charge on any atom is 0.230 e. The molecule has 1 aromatic carbocycles. The highest BCUT2D eigenvalue weighted by Gasteiger charge is 2.58. The zero-order valence-corrected chi connectivity index (χ0v) is 9.80. The Labute approximate surface area is 100 Å². The average molecular weight is 232 g/mol. The van der Waals surface area contributed by atoms with Crippen molar-refractivity contribution in [2.75, 3.05) is 18.6 Å². The summed E-state index contributed by atoms with van der Waals surface area (Å²) in [6.45, 7) is 0.532. The molecule has 0 aromatic heterocycles. The first kappa shape index (κ1) is 10.6. The molecule has 3 unspecified atom stereocenters. The molecule has 2 N–H and O–H groups in total. The van der Waals surface area contributed by atoms with Crippen LogP contribution in [0.15, 0.2) is 24.3 Å². The van der Waals surface area contributed by atoms with Gasteiger partial charge in [-0.25, -0.2) is 0 Å². The second-order valence-corrected chi connectivity index (χ2v) is 4.72. The molecule has 0 spiro atoms. The number of nitrogens with zero attached hydrogens (tertiary/aromatic N) is 1. The Morgan fingerprint density at radius 2 is 2.35 bits per heavy atom. The number of benzene rings is 1. The number of hydrogen-bond donors (Lipinski definition) is 1. The first-order chi connectivity index (χ1) is 8.26. The zero-order valence-electron chi connectivity index (χ0n) is 9.80. The average Bonchev–Trinajstić information content (AvgIpc) is 3.10. The van der Waals surface area contributed by atoms with Gasteiger partial charge in [0.05, 0.1) is 13.2 Å². The molecule has 0 bridgehead atoms. The van der Waals surface area contributed by atoms with E-state index in [-0.39, 0.29) is 17.9 Å². The molecule has 2 fully saturated rings. The van der Waals surface area contributed by atoms with E-state index in [0.717, 1.165) is 17.9 Å². The van der Waals surface area contributed by atoms with Crippen LogP contribution < -0.4 is 15.4 Å². The molecule has 1 saturated carbocycles. The van der Waals surface area contributed by atoms with Crippen molar-refractivity contribution in [2.24, 2.45) is 17.6 Å². The summed E-state index contributed by atoms with van der Waals surface area (Å²) in [5, 5.41) is 0. The molecule has 1 saturated heterocycles. The van der Waals surface area contributed by atoms with Crippen LogP contribution in [0.1, 0.15) is 6.42 Å². The van der Waals surface area contributed by atoms with E-state index in [1.807, 2.05) is 29.2 Å². The molecule has 1 heterocycles. The molecule has 4 nitrogen and oxygen atoms in total. The van der Waals surface area contributed by atoms with Crippen LogP contribution >= 0.6 is 0 Å². The van der Waals surface area contributed by atoms with E-state index in [4.69, 9.17) is 10.5 Å². The zero-order chi connectivity index (χ0) is 12.0. The number of amides is 1. The number of anilines is 1. The molecule has 2 aliphatic rings. The van der Waals surface area contributed by atoms with Crippen molar-refractivity contribution in [1.82, 2.24) is 0 Å². The minimum Gasteiger partial charge on any atom is -0.497 e. The highest BCUT2D eigenvalue weighted by Crippen LogP contribution is 2.51.